The van der Waals surface area contributed by atoms with Crippen LogP contribution in [0, 0.1) is 19.8 Å². The lowest BCUT2D eigenvalue weighted by molar-refractivity contribution is 0.0373. The molecule has 41 heavy (non-hydrogen) atoms. The number of hydrogen-bond donors (Lipinski definition) is 3. The zero-order valence-corrected chi connectivity index (χ0v) is 24.4. The normalized spacial score (nSPS) is 18.0. The number of anilines is 2. The van der Waals surface area contributed by atoms with Gasteiger partial charge in [0.05, 0.1) is 35.3 Å². The number of carbonyl (C=O) groups excluding carboxylic acids is 2. The van der Waals surface area contributed by atoms with E-state index in [4.69, 9.17) is 9.26 Å². The minimum atomic E-state index is -4.01. The van der Waals surface area contributed by atoms with E-state index in [9.17, 15) is 23.1 Å². The van der Waals surface area contributed by atoms with Gasteiger partial charge in [0.15, 0.2) is 11.5 Å². The number of aryl methyl sites for hydroxylation is 2. The predicted molar refractivity (Wildman–Crippen MR) is 152 cm³/mol. The Morgan fingerprint density at radius 1 is 1.20 bits per heavy atom. The van der Waals surface area contributed by atoms with Gasteiger partial charge >= 0.3 is 6.03 Å². The maximum Gasteiger partial charge on any atom is 0.321 e. The second-order valence-electron chi connectivity index (χ2n) is 10.2. The van der Waals surface area contributed by atoms with E-state index in [-0.39, 0.29) is 47.5 Å². The lowest BCUT2D eigenvalue weighted by Gasteiger charge is -2.38. The first-order chi connectivity index (χ1) is 19.4. The summed E-state index contributed by atoms with van der Waals surface area (Å²) < 4.78 is 40.5. The molecule has 0 saturated carbocycles. The van der Waals surface area contributed by atoms with Crippen LogP contribution >= 0.6 is 0 Å². The summed E-state index contributed by atoms with van der Waals surface area (Å²) in [5, 5.41) is 16.6. The van der Waals surface area contributed by atoms with Crippen LogP contribution in [-0.2, 0) is 10.0 Å². The Balaban J connectivity index is 1.69. The number of para-hydroxylation sites is 1. The van der Waals surface area contributed by atoms with Crippen LogP contribution in [0.2, 0.25) is 0 Å². The van der Waals surface area contributed by atoms with Crippen LogP contribution in [0.3, 0.4) is 0 Å². The van der Waals surface area contributed by atoms with Crippen molar-refractivity contribution in [3.8, 4) is 5.75 Å². The van der Waals surface area contributed by atoms with E-state index in [1.54, 1.807) is 63.1 Å². The van der Waals surface area contributed by atoms with E-state index >= 15 is 0 Å². The van der Waals surface area contributed by atoms with Crippen molar-refractivity contribution >= 4 is 33.3 Å². The fourth-order valence-corrected chi connectivity index (χ4v) is 5.65. The highest BCUT2D eigenvalue weighted by atomic mass is 32.2. The highest BCUT2D eigenvalue weighted by Crippen LogP contribution is 2.36. The zero-order valence-electron chi connectivity index (χ0n) is 23.6. The van der Waals surface area contributed by atoms with Gasteiger partial charge in [-0.25, -0.2) is 13.2 Å². The van der Waals surface area contributed by atoms with Crippen molar-refractivity contribution in [2.45, 2.75) is 44.7 Å². The van der Waals surface area contributed by atoms with Gasteiger partial charge < -0.3 is 29.5 Å². The zero-order chi connectivity index (χ0) is 29.9. The number of sulfonamides is 1. The average Bonchev–Trinajstić information content (AvgIpc) is 3.27. The molecule has 0 radical (unpaired) electrons. The van der Waals surface area contributed by atoms with Gasteiger partial charge in [0.25, 0.3) is 15.9 Å². The van der Waals surface area contributed by atoms with E-state index in [1.165, 1.54) is 23.1 Å². The maximum atomic E-state index is 13.7. The van der Waals surface area contributed by atoms with Crippen molar-refractivity contribution in [3.05, 3.63) is 65.5 Å². The topological polar surface area (TPSA) is 154 Å². The van der Waals surface area contributed by atoms with E-state index in [1.807, 2.05) is 6.92 Å². The standard InChI is InChI=1S/C28H35N5O7S/c1-17-14-33(18(2)16-34)27(35)22-12-9-13-23(31-41(37,38)21-10-7-6-8-11-21)26(22)39-24(17)15-32(5)28(36)29-25-19(3)30-40-20(25)4/h6-13,17-18,24,31,34H,14-16H2,1-5H3,(H,29,36)/t17-,18+,24-/m1/s1. The van der Waals surface area contributed by atoms with E-state index in [2.05, 4.69) is 15.2 Å². The Labute approximate surface area is 239 Å². The molecule has 3 aromatic rings. The number of amides is 3. The van der Waals surface area contributed by atoms with Gasteiger partial charge in [-0.05, 0) is 45.0 Å². The molecule has 220 valence electrons. The van der Waals surface area contributed by atoms with Crippen LogP contribution in [0.1, 0.15) is 35.7 Å². The third kappa shape index (κ3) is 6.46. The van der Waals surface area contributed by atoms with Crippen LogP contribution < -0.4 is 14.8 Å². The summed E-state index contributed by atoms with van der Waals surface area (Å²) in [6.45, 7) is 7.09. The molecule has 3 N–H and O–H groups in total. The van der Waals surface area contributed by atoms with Crippen LogP contribution in [0.5, 0.6) is 5.75 Å². The Hall–Kier alpha value is -4.10. The lowest BCUT2D eigenvalue weighted by Crippen LogP contribution is -2.50. The molecular formula is C28H35N5O7S. The number of hydrogen-bond acceptors (Lipinski definition) is 8. The van der Waals surface area contributed by atoms with Gasteiger partial charge in [-0.2, -0.15) is 0 Å². The van der Waals surface area contributed by atoms with Crippen molar-refractivity contribution in [2.24, 2.45) is 5.92 Å². The molecule has 13 heteroatoms. The number of urea groups is 1. The van der Waals surface area contributed by atoms with Gasteiger partial charge in [-0.1, -0.05) is 36.3 Å². The molecule has 3 amide bonds. The predicted octanol–water partition coefficient (Wildman–Crippen LogP) is 3.48. The van der Waals surface area contributed by atoms with Crippen molar-refractivity contribution in [3.63, 3.8) is 0 Å². The molecule has 2 aromatic carbocycles. The highest BCUT2D eigenvalue weighted by molar-refractivity contribution is 7.92. The third-order valence-electron chi connectivity index (χ3n) is 7.05. The molecule has 1 aromatic heterocycles. The molecule has 0 unspecified atom stereocenters. The molecule has 1 aliphatic rings. The van der Waals surface area contributed by atoms with Crippen molar-refractivity contribution < 1.29 is 32.4 Å². The average molecular weight is 586 g/mol. The van der Waals surface area contributed by atoms with Gasteiger partial charge in [-0.3, -0.25) is 9.52 Å². The Morgan fingerprint density at radius 2 is 1.90 bits per heavy atom. The van der Waals surface area contributed by atoms with Crippen LogP contribution in [0.4, 0.5) is 16.2 Å². The van der Waals surface area contributed by atoms with Crippen LogP contribution in [0.15, 0.2) is 57.9 Å². The first-order valence-corrected chi connectivity index (χ1v) is 14.7. The van der Waals surface area contributed by atoms with Crippen LogP contribution in [0.25, 0.3) is 0 Å². The van der Waals surface area contributed by atoms with E-state index < -0.39 is 34.1 Å². The molecule has 4 rings (SSSR count). The molecule has 3 atom stereocenters. The molecule has 1 aliphatic heterocycles. The summed E-state index contributed by atoms with van der Waals surface area (Å²) in [6.07, 6.45) is -0.655. The smallest absolute Gasteiger partial charge is 0.321 e. The number of aliphatic hydroxyl groups excluding tert-OH is 1. The number of aromatic nitrogens is 1. The minimum Gasteiger partial charge on any atom is -0.485 e. The van der Waals surface area contributed by atoms with Crippen LogP contribution in [-0.4, -0.2) is 79.3 Å². The van der Waals surface area contributed by atoms with Crippen molar-refractivity contribution in [1.82, 2.24) is 15.0 Å². The Bertz CT molecular complexity index is 1490. The molecular weight excluding hydrogens is 550 g/mol. The molecule has 0 bridgehead atoms. The Morgan fingerprint density at radius 3 is 2.54 bits per heavy atom. The van der Waals surface area contributed by atoms with E-state index in [0.717, 1.165) is 0 Å². The minimum absolute atomic E-state index is 0.0447. The number of fused-ring (bicyclic) bond motifs is 1. The summed E-state index contributed by atoms with van der Waals surface area (Å²) in [5.74, 6) is -0.203. The van der Waals surface area contributed by atoms with Gasteiger partial charge in [0.2, 0.25) is 0 Å². The quantitative estimate of drug-likeness (QED) is 0.363. The molecule has 12 nitrogen and oxygen atoms in total. The molecule has 0 fully saturated rings. The van der Waals surface area contributed by atoms with Crippen molar-refractivity contribution in [1.29, 1.82) is 0 Å². The first kappa shape index (κ1) is 29.9. The summed E-state index contributed by atoms with van der Waals surface area (Å²) in [7, 11) is -2.41. The summed E-state index contributed by atoms with van der Waals surface area (Å²) >= 11 is 0. The largest absolute Gasteiger partial charge is 0.485 e. The first-order valence-electron chi connectivity index (χ1n) is 13.2. The Kier molecular flexibility index (Phi) is 8.88. The van der Waals surface area contributed by atoms with Gasteiger partial charge in [0, 0.05) is 19.5 Å². The fraction of sp³-hybridized carbons (Fsp3) is 0.393. The van der Waals surface area contributed by atoms with E-state index in [0.29, 0.717) is 17.1 Å². The van der Waals surface area contributed by atoms with Gasteiger partial charge in [-0.15, -0.1) is 0 Å². The highest BCUT2D eigenvalue weighted by Gasteiger charge is 2.35. The number of benzene rings is 2. The summed E-state index contributed by atoms with van der Waals surface area (Å²) in [4.78, 5) is 29.8. The number of ether oxygens (including phenoxy) is 1. The number of likely N-dealkylation sites (N-methyl/N-ethyl adjacent to an activating group) is 1. The number of carbonyl (C=O) groups is 2. The summed E-state index contributed by atoms with van der Waals surface area (Å²) in [6, 6.07) is 11.5. The molecule has 0 aliphatic carbocycles. The third-order valence-corrected chi connectivity index (χ3v) is 8.44. The number of nitrogens with zero attached hydrogens (tertiary/aromatic N) is 3. The second-order valence-corrected chi connectivity index (χ2v) is 11.9. The monoisotopic (exact) mass is 585 g/mol. The number of aliphatic hydroxyl groups is 1. The molecule has 0 saturated heterocycles. The second kappa shape index (κ2) is 12.2. The molecule has 2 heterocycles. The molecule has 0 spiro atoms. The number of nitrogens with one attached hydrogen (secondary N) is 2. The lowest BCUT2D eigenvalue weighted by atomic mass is 9.99. The number of rotatable bonds is 8. The van der Waals surface area contributed by atoms with Crippen molar-refractivity contribution in [2.75, 3.05) is 36.8 Å². The SMILES string of the molecule is Cc1noc(C)c1NC(=O)N(C)C[C@H]1Oc2c(NS(=O)(=O)c3ccccc3)cccc2C(=O)N([C@@H](C)CO)C[C@H]1C. The maximum absolute atomic E-state index is 13.7. The fourth-order valence-electron chi connectivity index (χ4n) is 4.56. The van der Waals surface area contributed by atoms with Gasteiger partial charge in [0.1, 0.15) is 17.5 Å². The summed E-state index contributed by atoms with van der Waals surface area (Å²) in [5.41, 5.74) is 1.23.